The Kier molecular flexibility index (Phi) is 4.43. The van der Waals surface area contributed by atoms with Crippen molar-refractivity contribution >= 4 is 0 Å². The molecule has 3 nitrogen and oxygen atoms in total. The van der Waals surface area contributed by atoms with E-state index in [4.69, 9.17) is 9.57 Å². The Morgan fingerprint density at radius 1 is 1.36 bits per heavy atom. The fourth-order valence-corrected chi connectivity index (χ4v) is 1.29. The van der Waals surface area contributed by atoms with Gasteiger partial charge in [-0.3, -0.25) is 0 Å². The summed E-state index contributed by atoms with van der Waals surface area (Å²) < 4.78 is 5.17. The molecule has 1 aromatic carbocycles. The standard InChI is InChI=1S/C11H17NO2/c1-4-14-12-8-10-5-6-11(13-3)9(2)7-10/h5-7,12H,4,8H2,1-3H3. The summed E-state index contributed by atoms with van der Waals surface area (Å²) >= 11 is 0. The van der Waals surface area contributed by atoms with Crippen molar-refractivity contribution < 1.29 is 9.57 Å². The van der Waals surface area contributed by atoms with Crippen LogP contribution in [-0.4, -0.2) is 13.7 Å². The number of rotatable bonds is 5. The minimum atomic E-state index is 0.676. The van der Waals surface area contributed by atoms with Crippen LogP contribution in [0.15, 0.2) is 18.2 Å². The molecule has 0 saturated heterocycles. The van der Waals surface area contributed by atoms with Crippen LogP contribution < -0.4 is 10.2 Å². The summed E-state index contributed by atoms with van der Waals surface area (Å²) in [4.78, 5) is 5.05. The van der Waals surface area contributed by atoms with E-state index in [0.29, 0.717) is 6.61 Å². The summed E-state index contributed by atoms with van der Waals surface area (Å²) in [5.41, 5.74) is 5.21. The Balaban J connectivity index is 2.57. The zero-order valence-corrected chi connectivity index (χ0v) is 8.96. The van der Waals surface area contributed by atoms with Crippen molar-refractivity contribution in [1.29, 1.82) is 0 Å². The van der Waals surface area contributed by atoms with Gasteiger partial charge in [0.2, 0.25) is 0 Å². The van der Waals surface area contributed by atoms with Crippen LogP contribution in [0.5, 0.6) is 5.75 Å². The molecule has 0 aliphatic carbocycles. The Bertz CT molecular complexity index is 287. The zero-order chi connectivity index (χ0) is 10.4. The lowest BCUT2D eigenvalue weighted by Crippen LogP contribution is -2.13. The van der Waals surface area contributed by atoms with Crippen LogP contribution in [0.25, 0.3) is 0 Å². The van der Waals surface area contributed by atoms with Crippen molar-refractivity contribution in [1.82, 2.24) is 5.48 Å². The highest BCUT2D eigenvalue weighted by molar-refractivity contribution is 5.35. The molecule has 0 radical (unpaired) electrons. The first-order valence-corrected chi connectivity index (χ1v) is 4.76. The van der Waals surface area contributed by atoms with Gasteiger partial charge in [-0.15, -0.1) is 0 Å². The molecule has 78 valence electrons. The van der Waals surface area contributed by atoms with Gasteiger partial charge in [0.05, 0.1) is 13.7 Å². The predicted molar refractivity (Wildman–Crippen MR) is 56.2 cm³/mol. The van der Waals surface area contributed by atoms with E-state index < -0.39 is 0 Å². The smallest absolute Gasteiger partial charge is 0.121 e. The van der Waals surface area contributed by atoms with Crippen LogP contribution >= 0.6 is 0 Å². The molecule has 0 saturated carbocycles. The summed E-state index contributed by atoms with van der Waals surface area (Å²) in [5.74, 6) is 0.921. The third-order valence-corrected chi connectivity index (χ3v) is 1.98. The second-order valence-corrected chi connectivity index (χ2v) is 3.06. The van der Waals surface area contributed by atoms with Crippen molar-refractivity contribution in [2.24, 2.45) is 0 Å². The maximum atomic E-state index is 5.17. The molecule has 0 fully saturated rings. The van der Waals surface area contributed by atoms with Gasteiger partial charge in [-0.25, -0.2) is 0 Å². The lowest BCUT2D eigenvalue weighted by molar-refractivity contribution is 0.0463. The van der Waals surface area contributed by atoms with E-state index in [1.165, 1.54) is 5.56 Å². The monoisotopic (exact) mass is 195 g/mol. The first kappa shape index (κ1) is 11.0. The lowest BCUT2D eigenvalue weighted by Gasteiger charge is -2.07. The van der Waals surface area contributed by atoms with Crippen LogP contribution in [0.2, 0.25) is 0 Å². The molecular weight excluding hydrogens is 178 g/mol. The fourth-order valence-electron chi connectivity index (χ4n) is 1.29. The molecule has 14 heavy (non-hydrogen) atoms. The zero-order valence-electron chi connectivity index (χ0n) is 8.96. The highest BCUT2D eigenvalue weighted by atomic mass is 16.6. The average molecular weight is 195 g/mol. The van der Waals surface area contributed by atoms with Gasteiger partial charge in [0.1, 0.15) is 5.75 Å². The Labute approximate surface area is 85.0 Å². The second-order valence-electron chi connectivity index (χ2n) is 3.06. The maximum absolute atomic E-state index is 5.17. The Hall–Kier alpha value is -1.06. The number of aryl methyl sites for hydroxylation is 1. The quantitative estimate of drug-likeness (QED) is 0.576. The molecule has 0 heterocycles. The average Bonchev–Trinajstić information content (AvgIpc) is 2.18. The molecule has 0 amide bonds. The molecule has 0 unspecified atom stereocenters. The fraction of sp³-hybridized carbons (Fsp3) is 0.455. The number of ether oxygens (including phenoxy) is 1. The topological polar surface area (TPSA) is 30.5 Å². The molecule has 1 N–H and O–H groups in total. The SMILES string of the molecule is CCONCc1ccc(OC)c(C)c1. The van der Waals surface area contributed by atoms with E-state index in [1.807, 2.05) is 26.0 Å². The normalized spacial score (nSPS) is 10.2. The minimum absolute atomic E-state index is 0.676. The number of nitrogens with one attached hydrogen (secondary N) is 1. The van der Waals surface area contributed by atoms with E-state index >= 15 is 0 Å². The van der Waals surface area contributed by atoms with E-state index in [1.54, 1.807) is 7.11 Å². The van der Waals surface area contributed by atoms with Crippen molar-refractivity contribution in [3.05, 3.63) is 29.3 Å². The van der Waals surface area contributed by atoms with E-state index in [-0.39, 0.29) is 0 Å². The van der Waals surface area contributed by atoms with Crippen LogP contribution in [0, 0.1) is 6.92 Å². The first-order valence-electron chi connectivity index (χ1n) is 4.76. The molecule has 0 atom stereocenters. The van der Waals surface area contributed by atoms with Gasteiger partial charge < -0.3 is 9.57 Å². The van der Waals surface area contributed by atoms with Crippen LogP contribution in [-0.2, 0) is 11.4 Å². The molecule has 0 aromatic heterocycles. The summed E-state index contributed by atoms with van der Waals surface area (Å²) in [6.07, 6.45) is 0. The van der Waals surface area contributed by atoms with Gasteiger partial charge in [-0.05, 0) is 31.0 Å². The van der Waals surface area contributed by atoms with Crippen LogP contribution in [0.1, 0.15) is 18.1 Å². The molecule has 1 aromatic rings. The number of methoxy groups -OCH3 is 1. The third kappa shape index (κ3) is 3.01. The first-order chi connectivity index (χ1) is 6.77. The van der Waals surface area contributed by atoms with Gasteiger partial charge in [-0.2, -0.15) is 5.48 Å². The van der Waals surface area contributed by atoms with Gasteiger partial charge >= 0.3 is 0 Å². The van der Waals surface area contributed by atoms with Crippen molar-refractivity contribution in [2.45, 2.75) is 20.4 Å². The molecular formula is C11H17NO2. The lowest BCUT2D eigenvalue weighted by atomic mass is 10.1. The molecule has 3 heteroatoms. The number of hydrogen-bond donors (Lipinski definition) is 1. The van der Waals surface area contributed by atoms with Gasteiger partial charge in [0.15, 0.2) is 0 Å². The highest BCUT2D eigenvalue weighted by Crippen LogP contribution is 2.18. The summed E-state index contributed by atoms with van der Waals surface area (Å²) in [6.45, 7) is 5.38. The predicted octanol–water partition coefficient (Wildman–Crippen LogP) is 2.04. The van der Waals surface area contributed by atoms with Gasteiger partial charge in [0.25, 0.3) is 0 Å². The summed E-state index contributed by atoms with van der Waals surface area (Å²) in [6, 6.07) is 6.08. The number of benzene rings is 1. The van der Waals surface area contributed by atoms with Crippen LogP contribution in [0.4, 0.5) is 0 Å². The van der Waals surface area contributed by atoms with Gasteiger partial charge in [0, 0.05) is 6.54 Å². The summed E-state index contributed by atoms with van der Waals surface area (Å²) in [5, 5.41) is 0. The number of hydrogen-bond acceptors (Lipinski definition) is 3. The molecule has 1 rings (SSSR count). The van der Waals surface area contributed by atoms with Crippen molar-refractivity contribution in [3.63, 3.8) is 0 Å². The van der Waals surface area contributed by atoms with E-state index in [9.17, 15) is 0 Å². The van der Waals surface area contributed by atoms with Crippen molar-refractivity contribution in [2.75, 3.05) is 13.7 Å². The van der Waals surface area contributed by atoms with E-state index in [2.05, 4.69) is 11.5 Å². The molecule has 0 bridgehead atoms. The largest absolute Gasteiger partial charge is 0.496 e. The van der Waals surface area contributed by atoms with Crippen molar-refractivity contribution in [3.8, 4) is 5.75 Å². The molecule has 0 aliphatic rings. The molecule has 0 spiro atoms. The van der Waals surface area contributed by atoms with Crippen LogP contribution in [0.3, 0.4) is 0 Å². The van der Waals surface area contributed by atoms with Gasteiger partial charge in [-0.1, -0.05) is 12.1 Å². The maximum Gasteiger partial charge on any atom is 0.121 e. The van der Waals surface area contributed by atoms with E-state index in [0.717, 1.165) is 17.9 Å². The number of hydroxylamine groups is 1. The molecule has 0 aliphatic heterocycles. The third-order valence-electron chi connectivity index (χ3n) is 1.98. The minimum Gasteiger partial charge on any atom is -0.496 e. The Morgan fingerprint density at radius 2 is 2.14 bits per heavy atom. The second kappa shape index (κ2) is 5.62. The summed E-state index contributed by atoms with van der Waals surface area (Å²) in [7, 11) is 1.68. The highest BCUT2D eigenvalue weighted by Gasteiger charge is 1.99. The Morgan fingerprint density at radius 3 is 2.71 bits per heavy atom.